The summed E-state index contributed by atoms with van der Waals surface area (Å²) >= 11 is 1.37. The van der Waals surface area contributed by atoms with E-state index in [1.54, 1.807) is 18.3 Å². The molecule has 6 heteroatoms. The first-order valence-corrected chi connectivity index (χ1v) is 5.63. The molecule has 2 heterocycles. The summed E-state index contributed by atoms with van der Waals surface area (Å²) in [6.45, 7) is 1.81. The van der Waals surface area contributed by atoms with Crippen molar-refractivity contribution in [3.63, 3.8) is 0 Å². The highest BCUT2D eigenvalue weighted by atomic mass is 32.2. The Labute approximate surface area is 102 Å². The van der Waals surface area contributed by atoms with E-state index in [0.717, 1.165) is 5.03 Å². The lowest BCUT2D eigenvalue weighted by Crippen LogP contribution is -1.96. The molecule has 0 atom stereocenters. The van der Waals surface area contributed by atoms with Crippen molar-refractivity contribution in [2.45, 2.75) is 17.0 Å². The number of rotatable bonds is 3. The Morgan fingerprint density at radius 1 is 1.24 bits per heavy atom. The smallest absolute Gasteiger partial charge is 0.337 e. The van der Waals surface area contributed by atoms with Crippen molar-refractivity contribution in [1.82, 2.24) is 15.0 Å². The highest BCUT2D eigenvalue weighted by molar-refractivity contribution is 7.99. The Morgan fingerprint density at radius 2 is 2.06 bits per heavy atom. The van der Waals surface area contributed by atoms with Crippen LogP contribution in [0.25, 0.3) is 0 Å². The fourth-order valence-corrected chi connectivity index (χ4v) is 1.93. The molecule has 0 aliphatic carbocycles. The summed E-state index contributed by atoms with van der Waals surface area (Å²) < 4.78 is 0. The van der Waals surface area contributed by atoms with E-state index < -0.39 is 5.97 Å². The Morgan fingerprint density at radius 3 is 2.65 bits per heavy atom. The molecule has 17 heavy (non-hydrogen) atoms. The minimum Gasteiger partial charge on any atom is -0.478 e. The average molecular weight is 247 g/mol. The number of pyridine rings is 1. The predicted octanol–water partition coefficient (Wildman–Crippen LogP) is 2.03. The zero-order valence-electron chi connectivity index (χ0n) is 8.99. The molecule has 0 radical (unpaired) electrons. The van der Waals surface area contributed by atoms with Crippen molar-refractivity contribution >= 4 is 17.7 Å². The second-order valence-corrected chi connectivity index (χ2v) is 4.28. The lowest BCUT2D eigenvalue weighted by Gasteiger charge is -2.00. The molecule has 0 fully saturated rings. The Bertz CT molecular complexity index is 543. The van der Waals surface area contributed by atoms with Gasteiger partial charge < -0.3 is 5.11 Å². The van der Waals surface area contributed by atoms with Gasteiger partial charge in [0.2, 0.25) is 0 Å². The van der Waals surface area contributed by atoms with Crippen molar-refractivity contribution in [2.24, 2.45) is 0 Å². The molecule has 0 amide bonds. The van der Waals surface area contributed by atoms with Gasteiger partial charge >= 0.3 is 5.97 Å². The van der Waals surface area contributed by atoms with E-state index in [-0.39, 0.29) is 5.56 Å². The number of carboxylic acid groups (broad SMARTS) is 1. The second-order valence-electron chi connectivity index (χ2n) is 3.23. The van der Waals surface area contributed by atoms with Crippen molar-refractivity contribution in [2.75, 3.05) is 0 Å². The lowest BCUT2D eigenvalue weighted by molar-refractivity contribution is 0.0696. The maximum absolute atomic E-state index is 10.6. The Kier molecular flexibility index (Phi) is 3.34. The SMILES string of the molecule is Cc1nccc(Sc2ccc(C(=O)O)cn2)n1. The fraction of sp³-hybridized carbons (Fsp3) is 0.0909. The van der Waals surface area contributed by atoms with Crippen LogP contribution in [-0.4, -0.2) is 26.0 Å². The third-order valence-corrected chi connectivity index (χ3v) is 2.83. The zero-order valence-corrected chi connectivity index (χ0v) is 9.81. The summed E-state index contributed by atoms with van der Waals surface area (Å²) in [4.78, 5) is 22.9. The van der Waals surface area contributed by atoms with Crippen molar-refractivity contribution < 1.29 is 9.90 Å². The third kappa shape index (κ3) is 3.01. The van der Waals surface area contributed by atoms with Crippen LogP contribution in [0, 0.1) is 6.92 Å². The quantitative estimate of drug-likeness (QED) is 0.836. The summed E-state index contributed by atoms with van der Waals surface area (Å²) in [7, 11) is 0. The first kappa shape index (κ1) is 11.5. The van der Waals surface area contributed by atoms with Crippen LogP contribution in [0.5, 0.6) is 0 Å². The maximum Gasteiger partial charge on any atom is 0.337 e. The maximum atomic E-state index is 10.6. The van der Waals surface area contributed by atoms with Crippen LogP contribution in [-0.2, 0) is 0 Å². The molecule has 0 unspecified atom stereocenters. The molecular weight excluding hydrogens is 238 g/mol. The minimum absolute atomic E-state index is 0.174. The van der Waals surface area contributed by atoms with E-state index in [0.29, 0.717) is 10.9 Å². The fourth-order valence-electron chi connectivity index (χ4n) is 1.17. The van der Waals surface area contributed by atoms with Crippen molar-refractivity contribution in [3.8, 4) is 0 Å². The topological polar surface area (TPSA) is 76.0 Å². The van der Waals surface area contributed by atoms with Gasteiger partial charge in [-0.2, -0.15) is 0 Å². The molecule has 2 aromatic rings. The van der Waals surface area contributed by atoms with E-state index in [9.17, 15) is 4.79 Å². The van der Waals surface area contributed by atoms with Gasteiger partial charge in [-0.25, -0.2) is 19.7 Å². The molecule has 2 rings (SSSR count). The first-order valence-electron chi connectivity index (χ1n) is 4.82. The van der Waals surface area contributed by atoms with Gasteiger partial charge in [-0.3, -0.25) is 0 Å². The number of hydrogen-bond donors (Lipinski definition) is 1. The van der Waals surface area contributed by atoms with Crippen LogP contribution < -0.4 is 0 Å². The molecular formula is C11H9N3O2S. The summed E-state index contributed by atoms with van der Waals surface area (Å²) in [5, 5.41) is 10.2. The normalized spacial score (nSPS) is 10.2. The van der Waals surface area contributed by atoms with Crippen LogP contribution in [0.2, 0.25) is 0 Å². The van der Waals surface area contributed by atoms with Gasteiger partial charge in [0.15, 0.2) is 0 Å². The van der Waals surface area contributed by atoms with E-state index in [1.165, 1.54) is 24.0 Å². The predicted molar refractivity (Wildman–Crippen MR) is 62.1 cm³/mol. The standard InChI is InChI=1S/C11H9N3O2S/c1-7-12-5-4-10(14-7)17-9-3-2-8(6-13-9)11(15)16/h2-6H,1H3,(H,15,16). The molecule has 86 valence electrons. The molecule has 0 spiro atoms. The van der Waals surface area contributed by atoms with Gasteiger partial charge in [0.25, 0.3) is 0 Å². The van der Waals surface area contributed by atoms with Crippen LogP contribution in [0.3, 0.4) is 0 Å². The van der Waals surface area contributed by atoms with E-state index in [1.807, 2.05) is 6.92 Å². The number of aryl methyl sites for hydroxylation is 1. The highest BCUT2D eigenvalue weighted by Gasteiger charge is 2.04. The van der Waals surface area contributed by atoms with Gasteiger partial charge in [0, 0.05) is 12.4 Å². The van der Waals surface area contributed by atoms with E-state index in [2.05, 4.69) is 15.0 Å². The largest absolute Gasteiger partial charge is 0.478 e. The van der Waals surface area contributed by atoms with Gasteiger partial charge in [-0.1, -0.05) is 0 Å². The van der Waals surface area contributed by atoms with E-state index >= 15 is 0 Å². The molecule has 2 aromatic heterocycles. The molecule has 5 nitrogen and oxygen atoms in total. The number of hydrogen-bond acceptors (Lipinski definition) is 5. The molecule has 0 aliphatic rings. The molecule has 0 aliphatic heterocycles. The minimum atomic E-state index is -0.980. The van der Waals surface area contributed by atoms with Gasteiger partial charge in [-0.05, 0) is 36.9 Å². The van der Waals surface area contributed by atoms with Gasteiger partial charge in [0.1, 0.15) is 15.9 Å². The Balaban J connectivity index is 2.16. The summed E-state index contributed by atoms with van der Waals surface area (Å²) in [5.41, 5.74) is 0.174. The van der Waals surface area contributed by atoms with Crippen LogP contribution in [0.1, 0.15) is 16.2 Å². The summed E-state index contributed by atoms with van der Waals surface area (Å²) in [6, 6.07) is 4.96. The number of carbonyl (C=O) groups is 1. The number of aromatic carboxylic acids is 1. The Hall–Kier alpha value is -1.95. The number of nitrogens with zero attached hydrogens (tertiary/aromatic N) is 3. The average Bonchev–Trinajstić information content (AvgIpc) is 2.29. The number of aromatic nitrogens is 3. The van der Waals surface area contributed by atoms with Gasteiger partial charge in [0.05, 0.1) is 5.56 Å². The first-order chi connectivity index (χ1) is 8.15. The summed E-state index contributed by atoms with van der Waals surface area (Å²) in [5.74, 6) is -0.288. The van der Waals surface area contributed by atoms with Crippen molar-refractivity contribution in [3.05, 3.63) is 42.0 Å². The zero-order chi connectivity index (χ0) is 12.3. The summed E-state index contributed by atoms with van der Waals surface area (Å²) in [6.07, 6.45) is 3.01. The molecule has 1 N–H and O–H groups in total. The van der Waals surface area contributed by atoms with Crippen LogP contribution in [0.15, 0.2) is 40.6 Å². The third-order valence-electron chi connectivity index (χ3n) is 1.94. The number of carboxylic acids is 1. The molecule has 0 bridgehead atoms. The second kappa shape index (κ2) is 4.92. The van der Waals surface area contributed by atoms with Crippen LogP contribution >= 0.6 is 11.8 Å². The highest BCUT2D eigenvalue weighted by Crippen LogP contribution is 2.23. The molecule has 0 saturated heterocycles. The van der Waals surface area contributed by atoms with Crippen LogP contribution in [0.4, 0.5) is 0 Å². The monoisotopic (exact) mass is 247 g/mol. The lowest BCUT2D eigenvalue weighted by atomic mass is 10.3. The van der Waals surface area contributed by atoms with Gasteiger partial charge in [-0.15, -0.1) is 0 Å². The van der Waals surface area contributed by atoms with E-state index in [4.69, 9.17) is 5.11 Å². The molecule has 0 saturated carbocycles. The van der Waals surface area contributed by atoms with Crippen molar-refractivity contribution in [1.29, 1.82) is 0 Å². The molecule has 0 aromatic carbocycles.